The Morgan fingerprint density at radius 1 is 0.500 bits per heavy atom. The van der Waals surface area contributed by atoms with E-state index in [0.717, 1.165) is 23.5 Å². The number of hydrogen-bond acceptors (Lipinski definition) is 1. The minimum atomic E-state index is -0.0416. The average Bonchev–Trinajstić information content (AvgIpc) is 2.45. The van der Waals surface area contributed by atoms with Crippen molar-refractivity contribution in [3.63, 3.8) is 0 Å². The summed E-state index contributed by atoms with van der Waals surface area (Å²) in [4.78, 5) is 0. The molecule has 20 heavy (non-hydrogen) atoms. The minimum Gasteiger partial charge on any atom is -0.393 e. The van der Waals surface area contributed by atoms with Gasteiger partial charge >= 0.3 is 0 Å². The molecule has 0 fully saturated rings. The molecule has 0 unspecified atom stereocenters. The molecule has 0 radical (unpaired) electrons. The van der Waals surface area contributed by atoms with Crippen LogP contribution in [0.1, 0.15) is 89.9 Å². The maximum absolute atomic E-state index is 9.92. The van der Waals surface area contributed by atoms with Crippen LogP contribution < -0.4 is 0 Å². The number of aliphatic hydroxyl groups excluding tert-OH is 1. The molecule has 0 saturated heterocycles. The van der Waals surface area contributed by atoms with Crippen LogP contribution in [0.5, 0.6) is 0 Å². The molecule has 0 amide bonds. The summed E-state index contributed by atoms with van der Waals surface area (Å²) < 4.78 is 0. The SMILES string of the molecule is OC(CCCCCCCCBr)CCCCCCCCBr. The fraction of sp³-hybridized carbons (Fsp3) is 1.00. The highest BCUT2D eigenvalue weighted by Crippen LogP contribution is 2.14. The Kier molecular flexibility index (Phi) is 18.8. The van der Waals surface area contributed by atoms with Crippen molar-refractivity contribution in [2.45, 2.75) is 96.0 Å². The first-order valence-electron chi connectivity index (χ1n) is 8.61. The Morgan fingerprint density at radius 3 is 1.15 bits per heavy atom. The highest BCUT2D eigenvalue weighted by Gasteiger charge is 2.03. The van der Waals surface area contributed by atoms with E-state index in [9.17, 15) is 5.11 Å². The van der Waals surface area contributed by atoms with Gasteiger partial charge in [-0.25, -0.2) is 0 Å². The summed E-state index contributed by atoms with van der Waals surface area (Å²) >= 11 is 6.93. The Labute approximate surface area is 143 Å². The molecule has 0 spiro atoms. The first-order valence-corrected chi connectivity index (χ1v) is 10.9. The molecule has 0 aromatic heterocycles. The van der Waals surface area contributed by atoms with Gasteiger partial charge in [-0.05, 0) is 25.7 Å². The fourth-order valence-corrected chi connectivity index (χ4v) is 3.30. The number of unbranched alkanes of at least 4 members (excludes halogenated alkanes) is 10. The van der Waals surface area contributed by atoms with Crippen LogP contribution in [0.2, 0.25) is 0 Å². The zero-order valence-electron chi connectivity index (χ0n) is 13.1. The fourth-order valence-electron chi connectivity index (χ4n) is 2.51. The number of alkyl halides is 2. The molecule has 0 aliphatic carbocycles. The lowest BCUT2D eigenvalue weighted by atomic mass is 10.0. The second-order valence-electron chi connectivity index (χ2n) is 5.85. The molecule has 3 heteroatoms. The largest absolute Gasteiger partial charge is 0.393 e. The van der Waals surface area contributed by atoms with E-state index in [4.69, 9.17) is 0 Å². The molecule has 0 atom stereocenters. The van der Waals surface area contributed by atoms with Gasteiger partial charge in [0.25, 0.3) is 0 Å². The monoisotopic (exact) mass is 412 g/mol. The molecule has 0 rings (SSSR count). The lowest BCUT2D eigenvalue weighted by Gasteiger charge is -2.10. The summed E-state index contributed by atoms with van der Waals surface area (Å²) in [7, 11) is 0. The molecule has 0 heterocycles. The van der Waals surface area contributed by atoms with E-state index in [2.05, 4.69) is 31.9 Å². The molecular weight excluding hydrogens is 380 g/mol. The first-order chi connectivity index (χ1) is 9.81. The van der Waals surface area contributed by atoms with Gasteiger partial charge < -0.3 is 5.11 Å². The highest BCUT2D eigenvalue weighted by molar-refractivity contribution is 9.09. The summed E-state index contributed by atoms with van der Waals surface area (Å²) in [5.41, 5.74) is 0. The van der Waals surface area contributed by atoms with Crippen molar-refractivity contribution < 1.29 is 5.11 Å². The Morgan fingerprint density at radius 2 is 0.800 bits per heavy atom. The van der Waals surface area contributed by atoms with E-state index in [1.165, 1.54) is 77.0 Å². The standard InChI is InChI=1S/C17H34Br2O/c18-15-11-7-3-1-5-9-13-17(20)14-10-6-2-4-8-12-16-19/h17,20H,1-16H2. The zero-order valence-corrected chi connectivity index (χ0v) is 16.3. The number of aliphatic hydroxyl groups is 1. The third kappa shape index (κ3) is 17.0. The van der Waals surface area contributed by atoms with Gasteiger partial charge in [0.1, 0.15) is 0 Å². The van der Waals surface area contributed by atoms with Gasteiger partial charge in [0, 0.05) is 10.7 Å². The van der Waals surface area contributed by atoms with Crippen LogP contribution >= 0.6 is 31.9 Å². The highest BCUT2D eigenvalue weighted by atomic mass is 79.9. The molecular formula is C17H34Br2O. The van der Waals surface area contributed by atoms with Crippen LogP contribution in [0.3, 0.4) is 0 Å². The predicted molar refractivity (Wildman–Crippen MR) is 98.2 cm³/mol. The van der Waals surface area contributed by atoms with Crippen molar-refractivity contribution in [1.82, 2.24) is 0 Å². The van der Waals surface area contributed by atoms with Crippen molar-refractivity contribution in [2.24, 2.45) is 0 Å². The Hall–Kier alpha value is 0.920. The number of hydrogen-bond donors (Lipinski definition) is 1. The molecule has 0 aromatic carbocycles. The third-order valence-electron chi connectivity index (χ3n) is 3.84. The molecule has 1 nitrogen and oxygen atoms in total. The summed E-state index contributed by atoms with van der Waals surface area (Å²) in [6.07, 6.45) is 17.7. The van der Waals surface area contributed by atoms with Gasteiger partial charge in [0.2, 0.25) is 0 Å². The van der Waals surface area contributed by atoms with Gasteiger partial charge in [-0.2, -0.15) is 0 Å². The second-order valence-corrected chi connectivity index (χ2v) is 7.44. The van der Waals surface area contributed by atoms with Gasteiger partial charge in [0.05, 0.1) is 6.10 Å². The van der Waals surface area contributed by atoms with Crippen molar-refractivity contribution in [3.8, 4) is 0 Å². The Balaban J connectivity index is 3.11. The van der Waals surface area contributed by atoms with E-state index < -0.39 is 0 Å². The summed E-state index contributed by atoms with van der Waals surface area (Å²) in [6.45, 7) is 0. The van der Waals surface area contributed by atoms with Crippen LogP contribution in [-0.2, 0) is 0 Å². The lowest BCUT2D eigenvalue weighted by Crippen LogP contribution is -2.05. The molecule has 0 aliphatic heterocycles. The van der Waals surface area contributed by atoms with Crippen LogP contribution in [-0.4, -0.2) is 21.9 Å². The van der Waals surface area contributed by atoms with Crippen LogP contribution in [0.25, 0.3) is 0 Å². The minimum absolute atomic E-state index is 0.0416. The van der Waals surface area contributed by atoms with Crippen molar-refractivity contribution in [2.75, 3.05) is 10.7 Å². The molecule has 0 aliphatic rings. The number of rotatable bonds is 16. The second kappa shape index (κ2) is 18.0. The van der Waals surface area contributed by atoms with Crippen LogP contribution in [0, 0.1) is 0 Å². The van der Waals surface area contributed by atoms with E-state index >= 15 is 0 Å². The van der Waals surface area contributed by atoms with E-state index in [-0.39, 0.29) is 6.10 Å². The lowest BCUT2D eigenvalue weighted by molar-refractivity contribution is 0.147. The van der Waals surface area contributed by atoms with Gasteiger partial charge in [-0.1, -0.05) is 96.1 Å². The normalized spacial score (nSPS) is 11.4. The zero-order chi connectivity index (χ0) is 14.9. The number of halogens is 2. The van der Waals surface area contributed by atoms with Crippen molar-refractivity contribution in [1.29, 1.82) is 0 Å². The van der Waals surface area contributed by atoms with E-state index in [1.807, 2.05) is 0 Å². The Bertz CT molecular complexity index is 158. The molecule has 0 bridgehead atoms. The van der Waals surface area contributed by atoms with Gasteiger partial charge in [-0.15, -0.1) is 0 Å². The van der Waals surface area contributed by atoms with Crippen molar-refractivity contribution in [3.05, 3.63) is 0 Å². The van der Waals surface area contributed by atoms with Crippen LogP contribution in [0.15, 0.2) is 0 Å². The molecule has 122 valence electrons. The summed E-state index contributed by atoms with van der Waals surface area (Å²) in [6, 6.07) is 0. The smallest absolute Gasteiger partial charge is 0.0540 e. The maximum atomic E-state index is 9.92. The van der Waals surface area contributed by atoms with Crippen LogP contribution in [0.4, 0.5) is 0 Å². The third-order valence-corrected chi connectivity index (χ3v) is 4.96. The molecule has 1 N–H and O–H groups in total. The molecule has 0 aromatic rings. The van der Waals surface area contributed by atoms with Crippen molar-refractivity contribution >= 4 is 31.9 Å². The quantitative estimate of drug-likeness (QED) is 0.223. The summed E-state index contributed by atoms with van der Waals surface area (Å²) in [5, 5.41) is 12.2. The first kappa shape index (κ1) is 20.9. The summed E-state index contributed by atoms with van der Waals surface area (Å²) in [5.74, 6) is 0. The predicted octanol–water partition coefficient (Wildman–Crippen LogP) is 6.60. The van der Waals surface area contributed by atoms with Gasteiger partial charge in [-0.3, -0.25) is 0 Å². The van der Waals surface area contributed by atoms with E-state index in [1.54, 1.807) is 0 Å². The van der Waals surface area contributed by atoms with E-state index in [0.29, 0.717) is 0 Å². The maximum Gasteiger partial charge on any atom is 0.0540 e. The topological polar surface area (TPSA) is 20.2 Å². The van der Waals surface area contributed by atoms with Gasteiger partial charge in [0.15, 0.2) is 0 Å². The molecule has 0 saturated carbocycles. The average molecular weight is 414 g/mol.